The number of nitrogens with one attached hydrogen (secondary N) is 1. The van der Waals surface area contributed by atoms with Gasteiger partial charge in [0.05, 0.1) is 6.42 Å². The number of halogens is 1. The second-order valence-corrected chi connectivity index (χ2v) is 3.56. The second kappa shape index (κ2) is 4.97. The van der Waals surface area contributed by atoms with Crippen LogP contribution in [-0.4, -0.2) is 17.4 Å². The molecule has 0 aliphatic carbocycles. The summed E-state index contributed by atoms with van der Waals surface area (Å²) in [5.41, 5.74) is 0.917. The highest BCUT2D eigenvalue weighted by atomic mass is 79.9. The maximum Gasteiger partial charge on any atom is 0.224 e. The van der Waals surface area contributed by atoms with E-state index in [2.05, 4.69) is 26.2 Å². The predicted octanol–water partition coefficient (Wildman–Crippen LogP) is 1.52. The van der Waals surface area contributed by atoms with Crippen molar-refractivity contribution in [1.82, 2.24) is 10.3 Å². The number of rotatable bonds is 3. The molecule has 0 aliphatic heterocycles. The van der Waals surface area contributed by atoms with Crippen molar-refractivity contribution in [2.75, 3.05) is 6.54 Å². The minimum atomic E-state index is 0.0300. The van der Waals surface area contributed by atoms with E-state index in [9.17, 15) is 4.79 Å². The van der Waals surface area contributed by atoms with Crippen molar-refractivity contribution in [2.24, 2.45) is 0 Å². The number of pyridine rings is 1. The maximum atomic E-state index is 11.2. The van der Waals surface area contributed by atoms with Gasteiger partial charge in [0.25, 0.3) is 0 Å². The van der Waals surface area contributed by atoms with E-state index < -0.39 is 0 Å². The van der Waals surface area contributed by atoms with Gasteiger partial charge in [-0.05, 0) is 34.5 Å². The summed E-state index contributed by atoms with van der Waals surface area (Å²) in [6.07, 6.45) is 3.78. The van der Waals surface area contributed by atoms with Crippen LogP contribution in [-0.2, 0) is 11.2 Å². The van der Waals surface area contributed by atoms with Crippen molar-refractivity contribution in [3.63, 3.8) is 0 Å². The van der Waals surface area contributed by atoms with Gasteiger partial charge in [-0.1, -0.05) is 0 Å². The van der Waals surface area contributed by atoms with Crippen LogP contribution < -0.4 is 5.32 Å². The first kappa shape index (κ1) is 10.2. The summed E-state index contributed by atoms with van der Waals surface area (Å²) in [7, 11) is 0. The van der Waals surface area contributed by atoms with Crippen LogP contribution in [0.3, 0.4) is 0 Å². The molecule has 13 heavy (non-hydrogen) atoms. The minimum absolute atomic E-state index is 0.0300. The van der Waals surface area contributed by atoms with Gasteiger partial charge >= 0.3 is 0 Å². The molecule has 0 spiro atoms. The van der Waals surface area contributed by atoms with Crippen molar-refractivity contribution in [3.05, 3.63) is 28.5 Å². The molecule has 1 heterocycles. The molecule has 0 bridgehead atoms. The maximum absolute atomic E-state index is 11.2. The summed E-state index contributed by atoms with van der Waals surface area (Å²) in [5, 5.41) is 2.73. The van der Waals surface area contributed by atoms with Gasteiger partial charge in [-0.3, -0.25) is 9.78 Å². The summed E-state index contributed by atoms with van der Waals surface area (Å²) in [6.45, 7) is 2.57. The average molecular weight is 243 g/mol. The zero-order valence-corrected chi connectivity index (χ0v) is 8.97. The van der Waals surface area contributed by atoms with Gasteiger partial charge in [0.1, 0.15) is 0 Å². The molecule has 0 aliphatic rings. The quantitative estimate of drug-likeness (QED) is 0.874. The molecular formula is C9H11BrN2O. The van der Waals surface area contributed by atoms with E-state index in [1.807, 2.05) is 13.0 Å². The van der Waals surface area contributed by atoms with Gasteiger partial charge in [-0.15, -0.1) is 0 Å². The van der Waals surface area contributed by atoms with Gasteiger partial charge in [0.2, 0.25) is 5.91 Å². The van der Waals surface area contributed by atoms with Gasteiger partial charge in [0, 0.05) is 23.4 Å². The van der Waals surface area contributed by atoms with E-state index in [-0.39, 0.29) is 5.91 Å². The Morgan fingerprint density at radius 2 is 2.38 bits per heavy atom. The lowest BCUT2D eigenvalue weighted by molar-refractivity contribution is -0.120. The van der Waals surface area contributed by atoms with E-state index in [4.69, 9.17) is 0 Å². The Hall–Kier alpha value is -0.900. The molecule has 1 amide bonds. The first-order chi connectivity index (χ1) is 6.22. The number of hydrogen-bond donors (Lipinski definition) is 1. The first-order valence-electron chi connectivity index (χ1n) is 4.08. The number of nitrogens with zero attached hydrogens (tertiary/aromatic N) is 1. The Bertz CT molecular complexity index is 301. The smallest absolute Gasteiger partial charge is 0.224 e. The zero-order chi connectivity index (χ0) is 9.68. The third-order valence-electron chi connectivity index (χ3n) is 1.50. The second-order valence-electron chi connectivity index (χ2n) is 2.64. The Morgan fingerprint density at radius 3 is 3.00 bits per heavy atom. The van der Waals surface area contributed by atoms with E-state index >= 15 is 0 Å². The van der Waals surface area contributed by atoms with Crippen molar-refractivity contribution in [2.45, 2.75) is 13.3 Å². The third-order valence-corrected chi connectivity index (χ3v) is 1.93. The monoisotopic (exact) mass is 242 g/mol. The van der Waals surface area contributed by atoms with Gasteiger partial charge in [0.15, 0.2) is 0 Å². The predicted molar refractivity (Wildman–Crippen MR) is 54.3 cm³/mol. The van der Waals surface area contributed by atoms with Crippen LogP contribution in [0.5, 0.6) is 0 Å². The number of carbonyl (C=O) groups is 1. The van der Waals surface area contributed by atoms with Crippen molar-refractivity contribution in [3.8, 4) is 0 Å². The van der Waals surface area contributed by atoms with Crippen LogP contribution in [0.15, 0.2) is 22.9 Å². The third kappa shape index (κ3) is 3.55. The fraction of sp³-hybridized carbons (Fsp3) is 0.333. The van der Waals surface area contributed by atoms with Crippen LogP contribution in [0.1, 0.15) is 12.5 Å². The normalized spacial score (nSPS) is 9.69. The summed E-state index contributed by atoms with van der Waals surface area (Å²) < 4.78 is 0.897. The molecule has 70 valence electrons. The van der Waals surface area contributed by atoms with Crippen molar-refractivity contribution >= 4 is 21.8 Å². The summed E-state index contributed by atoms with van der Waals surface area (Å²) in [4.78, 5) is 15.1. The number of aromatic nitrogens is 1. The topological polar surface area (TPSA) is 42.0 Å². The SMILES string of the molecule is CCNC(=O)Cc1cncc(Br)c1. The van der Waals surface area contributed by atoms with E-state index in [1.165, 1.54) is 0 Å². The van der Waals surface area contributed by atoms with E-state index in [1.54, 1.807) is 12.4 Å². The molecule has 1 rings (SSSR count). The highest BCUT2D eigenvalue weighted by Gasteiger charge is 2.01. The molecule has 0 atom stereocenters. The Labute approximate surface area is 85.7 Å². The minimum Gasteiger partial charge on any atom is -0.356 e. The number of carbonyl (C=O) groups excluding carboxylic acids is 1. The lowest BCUT2D eigenvalue weighted by Gasteiger charge is -2.01. The number of likely N-dealkylation sites (N-methyl/N-ethyl adjacent to an activating group) is 1. The Kier molecular flexibility index (Phi) is 3.89. The molecular weight excluding hydrogens is 232 g/mol. The fourth-order valence-electron chi connectivity index (χ4n) is 0.998. The largest absolute Gasteiger partial charge is 0.356 e. The summed E-state index contributed by atoms with van der Waals surface area (Å²) in [5.74, 6) is 0.0300. The molecule has 3 nitrogen and oxygen atoms in total. The standard InChI is InChI=1S/C9H11BrN2O/c1-2-12-9(13)4-7-3-8(10)6-11-5-7/h3,5-6H,2,4H2,1H3,(H,12,13). The molecule has 1 aromatic rings. The van der Waals surface area contributed by atoms with Gasteiger partial charge in [-0.2, -0.15) is 0 Å². The van der Waals surface area contributed by atoms with Gasteiger partial charge in [-0.25, -0.2) is 0 Å². The van der Waals surface area contributed by atoms with Crippen LogP contribution in [0, 0.1) is 0 Å². The number of hydrogen-bond acceptors (Lipinski definition) is 2. The Balaban J connectivity index is 2.58. The Morgan fingerprint density at radius 1 is 1.62 bits per heavy atom. The molecule has 4 heteroatoms. The highest BCUT2D eigenvalue weighted by Crippen LogP contribution is 2.09. The van der Waals surface area contributed by atoms with E-state index in [0.717, 1.165) is 10.0 Å². The number of amides is 1. The highest BCUT2D eigenvalue weighted by molar-refractivity contribution is 9.10. The average Bonchev–Trinajstić information content (AvgIpc) is 2.04. The summed E-state index contributed by atoms with van der Waals surface area (Å²) >= 11 is 3.30. The fourth-order valence-corrected chi connectivity index (χ4v) is 1.41. The van der Waals surface area contributed by atoms with Crippen LogP contribution in [0.2, 0.25) is 0 Å². The van der Waals surface area contributed by atoms with E-state index in [0.29, 0.717) is 13.0 Å². The lowest BCUT2D eigenvalue weighted by atomic mass is 10.2. The molecule has 1 N–H and O–H groups in total. The molecule has 0 unspecified atom stereocenters. The lowest BCUT2D eigenvalue weighted by Crippen LogP contribution is -2.24. The summed E-state index contributed by atoms with van der Waals surface area (Å²) in [6, 6.07) is 1.89. The molecule has 1 aromatic heterocycles. The van der Waals surface area contributed by atoms with Crippen LogP contribution >= 0.6 is 15.9 Å². The molecule has 0 saturated heterocycles. The van der Waals surface area contributed by atoms with Gasteiger partial charge < -0.3 is 5.32 Å². The van der Waals surface area contributed by atoms with Crippen LogP contribution in [0.4, 0.5) is 0 Å². The van der Waals surface area contributed by atoms with Crippen LogP contribution in [0.25, 0.3) is 0 Å². The first-order valence-corrected chi connectivity index (χ1v) is 4.87. The molecule has 0 fully saturated rings. The molecule has 0 aromatic carbocycles. The van der Waals surface area contributed by atoms with Crippen molar-refractivity contribution in [1.29, 1.82) is 0 Å². The molecule has 0 saturated carbocycles. The molecule has 0 radical (unpaired) electrons. The van der Waals surface area contributed by atoms with Crippen molar-refractivity contribution < 1.29 is 4.79 Å². The zero-order valence-electron chi connectivity index (χ0n) is 7.38.